The molecule has 0 bridgehead atoms. The molecule has 168 valence electrons. The number of hydrogen-bond donors (Lipinski definition) is 2. The maximum atomic E-state index is 5.04. The van der Waals surface area contributed by atoms with Gasteiger partial charge in [-0.25, -0.2) is 9.98 Å². The standard InChI is InChI=1S/C24H37N7/c1-2-25-24(31-15-11-20(12-16-31)23-27-19-28-29-23)26-17-21-9-5-6-10-22(21)18-30-13-7-3-4-8-14-30/h5-6,9-10,19-20H,2-4,7-8,11-18H2,1H3,(H,25,26)(H,27,28,29). The molecule has 7 heteroatoms. The van der Waals surface area contributed by atoms with Gasteiger partial charge < -0.3 is 10.2 Å². The topological polar surface area (TPSA) is 72.4 Å². The molecule has 0 spiro atoms. The molecule has 31 heavy (non-hydrogen) atoms. The molecule has 1 aromatic carbocycles. The van der Waals surface area contributed by atoms with E-state index in [0.29, 0.717) is 5.92 Å². The van der Waals surface area contributed by atoms with Crippen LogP contribution in [0.4, 0.5) is 0 Å². The van der Waals surface area contributed by atoms with Gasteiger partial charge in [-0.05, 0) is 56.8 Å². The van der Waals surface area contributed by atoms with E-state index in [-0.39, 0.29) is 0 Å². The van der Waals surface area contributed by atoms with Gasteiger partial charge in [-0.2, -0.15) is 5.10 Å². The number of piperidine rings is 1. The van der Waals surface area contributed by atoms with Crippen molar-refractivity contribution in [2.45, 2.75) is 64.5 Å². The minimum atomic E-state index is 0.468. The zero-order valence-corrected chi connectivity index (χ0v) is 18.9. The average Bonchev–Trinajstić information content (AvgIpc) is 3.23. The smallest absolute Gasteiger partial charge is 0.194 e. The first-order valence-electron chi connectivity index (χ1n) is 12.0. The third kappa shape index (κ3) is 6.06. The van der Waals surface area contributed by atoms with Crippen LogP contribution in [0.2, 0.25) is 0 Å². The Morgan fingerprint density at radius 1 is 1.06 bits per heavy atom. The van der Waals surface area contributed by atoms with Crippen LogP contribution >= 0.6 is 0 Å². The van der Waals surface area contributed by atoms with Gasteiger partial charge in [-0.1, -0.05) is 37.1 Å². The van der Waals surface area contributed by atoms with Crippen molar-refractivity contribution in [2.75, 3.05) is 32.7 Å². The predicted molar refractivity (Wildman–Crippen MR) is 125 cm³/mol. The number of likely N-dealkylation sites (tertiary alicyclic amines) is 2. The number of aromatic nitrogens is 3. The second-order valence-electron chi connectivity index (χ2n) is 8.76. The van der Waals surface area contributed by atoms with Gasteiger partial charge in [0.2, 0.25) is 0 Å². The lowest BCUT2D eigenvalue weighted by molar-refractivity contribution is 0.276. The Kier molecular flexibility index (Phi) is 7.93. The third-order valence-corrected chi connectivity index (χ3v) is 6.56. The van der Waals surface area contributed by atoms with Crippen LogP contribution in [0.25, 0.3) is 0 Å². The van der Waals surface area contributed by atoms with Crippen LogP contribution in [-0.2, 0) is 13.1 Å². The van der Waals surface area contributed by atoms with Crippen LogP contribution < -0.4 is 5.32 Å². The van der Waals surface area contributed by atoms with Crippen molar-refractivity contribution in [1.29, 1.82) is 0 Å². The van der Waals surface area contributed by atoms with E-state index in [0.717, 1.165) is 57.3 Å². The molecule has 2 N–H and O–H groups in total. The van der Waals surface area contributed by atoms with Crippen molar-refractivity contribution in [1.82, 2.24) is 30.3 Å². The molecular weight excluding hydrogens is 386 g/mol. The van der Waals surface area contributed by atoms with Crippen LogP contribution in [-0.4, -0.2) is 63.7 Å². The zero-order valence-electron chi connectivity index (χ0n) is 18.9. The number of H-pyrrole nitrogens is 1. The number of benzene rings is 1. The quantitative estimate of drug-likeness (QED) is 0.549. The van der Waals surface area contributed by atoms with Gasteiger partial charge in [-0.15, -0.1) is 0 Å². The number of aliphatic imine (C=N–C) groups is 1. The van der Waals surface area contributed by atoms with E-state index in [1.807, 2.05) is 0 Å². The molecule has 2 aliphatic rings. The fourth-order valence-electron chi connectivity index (χ4n) is 4.76. The summed E-state index contributed by atoms with van der Waals surface area (Å²) in [6.45, 7) is 9.24. The largest absolute Gasteiger partial charge is 0.357 e. The molecule has 3 heterocycles. The highest BCUT2D eigenvalue weighted by molar-refractivity contribution is 5.80. The molecule has 0 radical (unpaired) electrons. The van der Waals surface area contributed by atoms with Gasteiger partial charge in [0, 0.05) is 32.1 Å². The number of nitrogens with one attached hydrogen (secondary N) is 2. The van der Waals surface area contributed by atoms with Gasteiger partial charge in [0.1, 0.15) is 12.2 Å². The number of hydrogen-bond acceptors (Lipinski definition) is 4. The van der Waals surface area contributed by atoms with E-state index in [1.165, 1.54) is 49.9 Å². The molecule has 7 nitrogen and oxygen atoms in total. The van der Waals surface area contributed by atoms with E-state index in [9.17, 15) is 0 Å². The second kappa shape index (κ2) is 11.3. The first-order valence-corrected chi connectivity index (χ1v) is 12.0. The van der Waals surface area contributed by atoms with Gasteiger partial charge >= 0.3 is 0 Å². The SMILES string of the molecule is CCNC(=NCc1ccccc1CN1CCCCCC1)N1CCC(c2ncn[nH]2)CC1. The second-order valence-corrected chi connectivity index (χ2v) is 8.76. The molecular formula is C24H37N7. The molecule has 2 aliphatic heterocycles. The summed E-state index contributed by atoms with van der Waals surface area (Å²) in [5.74, 6) is 2.52. The Bertz CT molecular complexity index is 801. The summed E-state index contributed by atoms with van der Waals surface area (Å²) in [7, 11) is 0. The maximum absolute atomic E-state index is 5.04. The molecule has 0 saturated carbocycles. The molecule has 0 atom stereocenters. The van der Waals surface area contributed by atoms with Crippen LogP contribution in [0.15, 0.2) is 35.6 Å². The Hall–Kier alpha value is -2.41. The summed E-state index contributed by atoms with van der Waals surface area (Å²) < 4.78 is 0. The van der Waals surface area contributed by atoms with Crippen molar-refractivity contribution in [2.24, 2.45) is 4.99 Å². The highest BCUT2D eigenvalue weighted by atomic mass is 15.3. The van der Waals surface area contributed by atoms with E-state index >= 15 is 0 Å². The minimum Gasteiger partial charge on any atom is -0.357 e. The molecule has 1 aromatic heterocycles. The van der Waals surface area contributed by atoms with Gasteiger partial charge in [0.15, 0.2) is 5.96 Å². The van der Waals surface area contributed by atoms with E-state index in [2.05, 4.69) is 61.5 Å². The summed E-state index contributed by atoms with van der Waals surface area (Å²) >= 11 is 0. The maximum Gasteiger partial charge on any atom is 0.194 e. The molecule has 0 unspecified atom stereocenters. The Morgan fingerprint density at radius 3 is 2.48 bits per heavy atom. The van der Waals surface area contributed by atoms with Crippen LogP contribution in [0, 0.1) is 0 Å². The monoisotopic (exact) mass is 423 g/mol. The van der Waals surface area contributed by atoms with Crippen molar-refractivity contribution in [3.63, 3.8) is 0 Å². The van der Waals surface area contributed by atoms with E-state index in [1.54, 1.807) is 6.33 Å². The fraction of sp³-hybridized carbons (Fsp3) is 0.625. The van der Waals surface area contributed by atoms with Gasteiger partial charge in [-0.3, -0.25) is 10.00 Å². The van der Waals surface area contributed by atoms with E-state index in [4.69, 9.17) is 4.99 Å². The first-order chi connectivity index (χ1) is 15.3. The Morgan fingerprint density at radius 2 is 1.81 bits per heavy atom. The normalized spacial score (nSPS) is 19.4. The van der Waals surface area contributed by atoms with Crippen molar-refractivity contribution >= 4 is 5.96 Å². The van der Waals surface area contributed by atoms with Crippen LogP contribution in [0.1, 0.15) is 68.3 Å². The van der Waals surface area contributed by atoms with Gasteiger partial charge in [0.25, 0.3) is 0 Å². The highest BCUT2D eigenvalue weighted by Crippen LogP contribution is 2.25. The number of nitrogens with zero attached hydrogens (tertiary/aromatic N) is 5. The molecule has 2 saturated heterocycles. The summed E-state index contributed by atoms with van der Waals surface area (Å²) in [4.78, 5) is 14.4. The number of guanidine groups is 1. The predicted octanol–water partition coefficient (Wildman–Crippen LogP) is 3.53. The molecule has 4 rings (SSSR count). The lowest BCUT2D eigenvalue weighted by atomic mass is 9.96. The summed E-state index contributed by atoms with van der Waals surface area (Å²) in [6.07, 6.45) is 9.17. The van der Waals surface area contributed by atoms with Crippen molar-refractivity contribution in [3.8, 4) is 0 Å². The first kappa shape index (κ1) is 21.8. The average molecular weight is 424 g/mol. The summed E-state index contributed by atoms with van der Waals surface area (Å²) in [5, 5.41) is 10.6. The zero-order chi connectivity index (χ0) is 21.3. The van der Waals surface area contributed by atoms with Gasteiger partial charge in [0.05, 0.1) is 6.54 Å². The Balaban J connectivity index is 1.39. The molecule has 2 aromatic rings. The molecule has 0 amide bonds. The number of aromatic amines is 1. The van der Waals surface area contributed by atoms with Crippen molar-refractivity contribution < 1.29 is 0 Å². The highest BCUT2D eigenvalue weighted by Gasteiger charge is 2.24. The Labute approximate surface area is 186 Å². The van der Waals surface area contributed by atoms with E-state index < -0.39 is 0 Å². The molecule has 2 fully saturated rings. The fourth-order valence-corrected chi connectivity index (χ4v) is 4.76. The third-order valence-electron chi connectivity index (χ3n) is 6.56. The lowest BCUT2D eigenvalue weighted by Crippen LogP contribution is -2.45. The molecule has 0 aliphatic carbocycles. The lowest BCUT2D eigenvalue weighted by Gasteiger charge is -2.33. The summed E-state index contributed by atoms with van der Waals surface area (Å²) in [6, 6.07) is 8.84. The number of rotatable bonds is 6. The van der Waals surface area contributed by atoms with Crippen molar-refractivity contribution in [3.05, 3.63) is 47.5 Å². The minimum absolute atomic E-state index is 0.468. The summed E-state index contributed by atoms with van der Waals surface area (Å²) in [5.41, 5.74) is 2.77. The van der Waals surface area contributed by atoms with Crippen LogP contribution in [0.5, 0.6) is 0 Å². The van der Waals surface area contributed by atoms with Crippen LogP contribution in [0.3, 0.4) is 0 Å².